The Kier molecular flexibility index (Phi) is 6.36. The number of benzene rings is 1. The van der Waals surface area contributed by atoms with Crippen molar-refractivity contribution in [3.63, 3.8) is 0 Å². The van der Waals surface area contributed by atoms with Crippen LogP contribution in [-0.4, -0.2) is 35.4 Å². The van der Waals surface area contributed by atoms with Gasteiger partial charge >= 0.3 is 0 Å². The predicted octanol–water partition coefficient (Wildman–Crippen LogP) is 4.06. The van der Waals surface area contributed by atoms with Gasteiger partial charge in [0.25, 0.3) is 0 Å². The summed E-state index contributed by atoms with van der Waals surface area (Å²) < 4.78 is 0. The second-order valence-electron chi connectivity index (χ2n) is 7.85. The molecular formula is C20H29N3OS. The molecule has 2 aromatic rings. The average molecular weight is 360 g/mol. The Balaban J connectivity index is 1.99. The van der Waals surface area contributed by atoms with Gasteiger partial charge in [0.2, 0.25) is 5.91 Å². The molecule has 0 spiro atoms. The number of thiazole rings is 1. The summed E-state index contributed by atoms with van der Waals surface area (Å²) in [5.74, 6) is 0.0482. The zero-order valence-corrected chi connectivity index (χ0v) is 16.9. The number of aromatic nitrogens is 1. The first kappa shape index (κ1) is 19.6. The van der Waals surface area contributed by atoms with E-state index in [-0.39, 0.29) is 17.4 Å². The van der Waals surface area contributed by atoms with Gasteiger partial charge in [-0.25, -0.2) is 4.98 Å². The van der Waals surface area contributed by atoms with E-state index in [1.807, 2.05) is 25.8 Å². The van der Waals surface area contributed by atoms with Crippen molar-refractivity contribution in [2.24, 2.45) is 0 Å². The number of carbonyl (C=O) groups is 1. The minimum atomic E-state index is 0.0482. The molecule has 0 saturated heterocycles. The standard InChI is InChI=1S/C20H29N3OS/c1-14(2)21-18(24)11-23(6)12-19-22-17(13-25-19)15-7-9-16(10-8-15)20(3,4)5/h7-10,13-14H,11-12H2,1-6H3,(H,21,24). The highest BCUT2D eigenvalue weighted by Gasteiger charge is 2.14. The number of hydrogen-bond donors (Lipinski definition) is 1. The smallest absolute Gasteiger partial charge is 0.234 e. The number of nitrogens with zero attached hydrogens (tertiary/aromatic N) is 2. The van der Waals surface area contributed by atoms with E-state index < -0.39 is 0 Å². The van der Waals surface area contributed by atoms with Crippen LogP contribution < -0.4 is 5.32 Å². The van der Waals surface area contributed by atoms with E-state index in [9.17, 15) is 4.79 Å². The van der Waals surface area contributed by atoms with Gasteiger partial charge in [-0.3, -0.25) is 9.69 Å². The Morgan fingerprint density at radius 3 is 2.44 bits per heavy atom. The first-order valence-electron chi connectivity index (χ1n) is 8.68. The molecule has 0 aliphatic heterocycles. The molecule has 1 heterocycles. The number of rotatable bonds is 6. The highest BCUT2D eigenvalue weighted by molar-refractivity contribution is 7.09. The lowest BCUT2D eigenvalue weighted by atomic mass is 9.86. The number of hydrogen-bond acceptors (Lipinski definition) is 4. The first-order valence-corrected chi connectivity index (χ1v) is 9.56. The number of amides is 1. The van der Waals surface area contributed by atoms with Gasteiger partial charge in [0, 0.05) is 17.0 Å². The average Bonchev–Trinajstić information content (AvgIpc) is 2.93. The number of nitrogens with one attached hydrogen (secondary N) is 1. The summed E-state index contributed by atoms with van der Waals surface area (Å²) in [5, 5.41) is 6.02. The van der Waals surface area contributed by atoms with E-state index >= 15 is 0 Å². The Hall–Kier alpha value is -1.72. The number of carbonyl (C=O) groups excluding carboxylic acids is 1. The van der Waals surface area contributed by atoms with Crippen LogP contribution in [0, 0.1) is 0 Å². The third-order valence-corrected chi connectivity index (χ3v) is 4.70. The van der Waals surface area contributed by atoms with Crippen LogP contribution in [0.5, 0.6) is 0 Å². The number of likely N-dealkylation sites (N-methyl/N-ethyl adjacent to an activating group) is 1. The molecule has 0 unspecified atom stereocenters. The Morgan fingerprint density at radius 1 is 1.24 bits per heavy atom. The fourth-order valence-electron chi connectivity index (χ4n) is 2.56. The lowest BCUT2D eigenvalue weighted by Crippen LogP contribution is -2.38. The fourth-order valence-corrected chi connectivity index (χ4v) is 3.44. The summed E-state index contributed by atoms with van der Waals surface area (Å²) in [4.78, 5) is 18.5. The highest BCUT2D eigenvalue weighted by atomic mass is 32.1. The Labute approximate surface area is 155 Å². The van der Waals surface area contributed by atoms with Crippen LogP contribution in [0.3, 0.4) is 0 Å². The summed E-state index contributed by atoms with van der Waals surface area (Å²) >= 11 is 1.64. The minimum Gasteiger partial charge on any atom is -0.353 e. The second kappa shape index (κ2) is 8.11. The zero-order chi connectivity index (χ0) is 18.6. The molecule has 2 rings (SSSR count). The molecule has 0 atom stereocenters. The molecule has 0 aliphatic carbocycles. The van der Waals surface area contributed by atoms with Crippen LogP contribution in [0.2, 0.25) is 0 Å². The predicted molar refractivity (Wildman–Crippen MR) is 106 cm³/mol. The SMILES string of the molecule is CC(C)NC(=O)CN(C)Cc1nc(-c2ccc(C(C)(C)C)cc2)cs1. The van der Waals surface area contributed by atoms with Crippen LogP contribution >= 0.6 is 11.3 Å². The summed E-state index contributed by atoms with van der Waals surface area (Å²) in [6.07, 6.45) is 0. The van der Waals surface area contributed by atoms with Crippen molar-refractivity contribution in [2.75, 3.05) is 13.6 Å². The molecule has 1 amide bonds. The van der Waals surface area contributed by atoms with E-state index in [0.717, 1.165) is 16.3 Å². The molecule has 0 saturated carbocycles. The molecule has 0 aliphatic rings. The van der Waals surface area contributed by atoms with E-state index in [4.69, 9.17) is 4.98 Å². The first-order chi connectivity index (χ1) is 11.6. The van der Waals surface area contributed by atoms with E-state index in [1.165, 1.54) is 5.56 Å². The molecule has 0 fully saturated rings. The van der Waals surface area contributed by atoms with Gasteiger partial charge in [-0.05, 0) is 31.9 Å². The van der Waals surface area contributed by atoms with Gasteiger partial charge in [-0.15, -0.1) is 11.3 Å². The van der Waals surface area contributed by atoms with Crippen molar-refractivity contribution in [3.8, 4) is 11.3 Å². The van der Waals surface area contributed by atoms with Crippen LogP contribution in [-0.2, 0) is 16.8 Å². The zero-order valence-electron chi connectivity index (χ0n) is 16.1. The van der Waals surface area contributed by atoms with Gasteiger partial charge in [0.05, 0.1) is 18.8 Å². The van der Waals surface area contributed by atoms with Crippen molar-refractivity contribution in [1.82, 2.24) is 15.2 Å². The molecule has 1 N–H and O–H groups in total. The topological polar surface area (TPSA) is 45.2 Å². The van der Waals surface area contributed by atoms with Crippen molar-refractivity contribution < 1.29 is 4.79 Å². The Morgan fingerprint density at radius 2 is 1.88 bits per heavy atom. The van der Waals surface area contributed by atoms with Crippen molar-refractivity contribution in [2.45, 2.75) is 52.6 Å². The second-order valence-corrected chi connectivity index (χ2v) is 8.79. The lowest BCUT2D eigenvalue weighted by Gasteiger charge is -2.18. The maximum absolute atomic E-state index is 11.8. The molecule has 4 nitrogen and oxygen atoms in total. The molecule has 5 heteroatoms. The summed E-state index contributed by atoms with van der Waals surface area (Å²) in [6, 6.07) is 8.80. The van der Waals surface area contributed by atoms with E-state index in [0.29, 0.717) is 13.1 Å². The molecule has 136 valence electrons. The van der Waals surface area contributed by atoms with E-state index in [2.05, 4.69) is 55.7 Å². The summed E-state index contributed by atoms with van der Waals surface area (Å²) in [6.45, 7) is 11.6. The van der Waals surface area contributed by atoms with Crippen molar-refractivity contribution in [1.29, 1.82) is 0 Å². The molecule has 1 aromatic heterocycles. The third kappa shape index (κ3) is 5.94. The fraction of sp³-hybridized carbons (Fsp3) is 0.500. The molecule has 0 radical (unpaired) electrons. The molecule has 25 heavy (non-hydrogen) atoms. The van der Waals surface area contributed by atoms with E-state index in [1.54, 1.807) is 11.3 Å². The van der Waals surface area contributed by atoms with Crippen LogP contribution in [0.25, 0.3) is 11.3 Å². The van der Waals surface area contributed by atoms with Crippen LogP contribution in [0.4, 0.5) is 0 Å². The van der Waals surface area contributed by atoms with Gasteiger partial charge in [0.15, 0.2) is 0 Å². The largest absolute Gasteiger partial charge is 0.353 e. The minimum absolute atomic E-state index is 0.0482. The van der Waals surface area contributed by atoms with Gasteiger partial charge in [-0.2, -0.15) is 0 Å². The Bertz CT molecular complexity index is 698. The summed E-state index contributed by atoms with van der Waals surface area (Å²) in [5.41, 5.74) is 3.61. The highest BCUT2D eigenvalue weighted by Crippen LogP contribution is 2.27. The maximum Gasteiger partial charge on any atom is 0.234 e. The monoisotopic (exact) mass is 359 g/mol. The maximum atomic E-state index is 11.8. The van der Waals surface area contributed by atoms with Crippen molar-refractivity contribution >= 4 is 17.2 Å². The lowest BCUT2D eigenvalue weighted by molar-refractivity contribution is -0.122. The molecule has 0 bridgehead atoms. The molecule has 1 aromatic carbocycles. The van der Waals surface area contributed by atoms with Crippen molar-refractivity contribution in [3.05, 3.63) is 40.2 Å². The van der Waals surface area contributed by atoms with Crippen LogP contribution in [0.1, 0.15) is 45.2 Å². The van der Waals surface area contributed by atoms with Gasteiger partial charge in [0.1, 0.15) is 5.01 Å². The van der Waals surface area contributed by atoms with Gasteiger partial charge < -0.3 is 5.32 Å². The quantitative estimate of drug-likeness (QED) is 0.846. The third-order valence-electron chi connectivity index (χ3n) is 3.87. The summed E-state index contributed by atoms with van der Waals surface area (Å²) in [7, 11) is 1.94. The van der Waals surface area contributed by atoms with Gasteiger partial charge in [-0.1, -0.05) is 45.0 Å². The normalized spacial score (nSPS) is 12.0. The molecular weight excluding hydrogens is 330 g/mol. The van der Waals surface area contributed by atoms with Crippen LogP contribution in [0.15, 0.2) is 29.6 Å².